The molecule has 1 fully saturated rings. The van der Waals surface area contributed by atoms with Crippen molar-refractivity contribution in [1.82, 2.24) is 15.1 Å². The van der Waals surface area contributed by atoms with Crippen LogP contribution in [-0.2, 0) is 0 Å². The van der Waals surface area contributed by atoms with Crippen molar-refractivity contribution in [2.24, 2.45) is 0 Å². The fraction of sp³-hybridized carbons (Fsp3) is 0.278. The lowest BCUT2D eigenvalue weighted by molar-refractivity contribution is 0.431. The van der Waals surface area contributed by atoms with Gasteiger partial charge in [0.05, 0.1) is 0 Å². The molecule has 1 aliphatic heterocycles. The molecule has 128 valence electrons. The first-order chi connectivity index (χ1) is 12.2. The summed E-state index contributed by atoms with van der Waals surface area (Å²) in [6, 6.07) is 7.20. The van der Waals surface area contributed by atoms with E-state index in [9.17, 15) is 8.78 Å². The number of halogens is 2. The van der Waals surface area contributed by atoms with Crippen LogP contribution in [-0.4, -0.2) is 28.2 Å². The summed E-state index contributed by atoms with van der Waals surface area (Å²) in [5, 5.41) is 3.95. The second kappa shape index (κ2) is 6.58. The van der Waals surface area contributed by atoms with Crippen molar-refractivity contribution >= 4 is 5.82 Å². The normalized spacial score (nSPS) is 14.7. The molecule has 5 nitrogen and oxygen atoms in total. The first-order valence-corrected chi connectivity index (χ1v) is 8.21. The Morgan fingerprint density at radius 2 is 1.76 bits per heavy atom. The van der Waals surface area contributed by atoms with Gasteiger partial charge in [0.2, 0.25) is 5.82 Å². The first-order valence-electron chi connectivity index (χ1n) is 8.21. The minimum atomic E-state index is -0.950. The second-order valence-corrected chi connectivity index (χ2v) is 6.00. The van der Waals surface area contributed by atoms with Gasteiger partial charge < -0.3 is 9.42 Å². The molecule has 3 heterocycles. The lowest BCUT2D eigenvalue weighted by Gasteiger charge is -2.27. The molecule has 0 atom stereocenters. The maximum absolute atomic E-state index is 13.4. The Balaban J connectivity index is 1.62. The molecule has 0 amide bonds. The van der Waals surface area contributed by atoms with E-state index < -0.39 is 11.6 Å². The van der Waals surface area contributed by atoms with Gasteiger partial charge in [-0.25, -0.2) is 13.8 Å². The predicted octanol–water partition coefficient (Wildman–Crippen LogP) is 4.07. The summed E-state index contributed by atoms with van der Waals surface area (Å²) in [4.78, 5) is 11.0. The molecule has 0 unspecified atom stereocenters. The van der Waals surface area contributed by atoms with E-state index in [0.29, 0.717) is 11.4 Å². The van der Waals surface area contributed by atoms with Crippen molar-refractivity contribution in [3.05, 3.63) is 48.2 Å². The number of rotatable bonds is 3. The van der Waals surface area contributed by atoms with Gasteiger partial charge in [0.1, 0.15) is 5.82 Å². The van der Waals surface area contributed by atoms with Gasteiger partial charge in [-0.15, -0.1) is 0 Å². The van der Waals surface area contributed by atoms with Gasteiger partial charge in [-0.1, -0.05) is 5.16 Å². The summed E-state index contributed by atoms with van der Waals surface area (Å²) in [6.45, 7) is 1.98. The molecule has 0 N–H and O–H groups in total. The van der Waals surface area contributed by atoms with Crippen molar-refractivity contribution in [2.45, 2.75) is 19.3 Å². The zero-order chi connectivity index (χ0) is 17.2. The Morgan fingerprint density at radius 3 is 2.56 bits per heavy atom. The summed E-state index contributed by atoms with van der Waals surface area (Å²) in [5.74, 6) is -0.445. The van der Waals surface area contributed by atoms with Crippen molar-refractivity contribution in [1.29, 1.82) is 0 Å². The fourth-order valence-corrected chi connectivity index (χ4v) is 2.94. The molecule has 25 heavy (non-hydrogen) atoms. The quantitative estimate of drug-likeness (QED) is 0.718. The number of hydrogen-bond acceptors (Lipinski definition) is 5. The molecule has 0 bridgehead atoms. The maximum atomic E-state index is 13.4. The van der Waals surface area contributed by atoms with Crippen molar-refractivity contribution in [2.75, 3.05) is 18.0 Å². The summed E-state index contributed by atoms with van der Waals surface area (Å²) in [5.41, 5.74) is 1.11. The number of benzene rings is 1. The van der Waals surface area contributed by atoms with Crippen molar-refractivity contribution in [3.8, 4) is 22.8 Å². The Kier molecular flexibility index (Phi) is 4.13. The topological polar surface area (TPSA) is 55.1 Å². The summed E-state index contributed by atoms with van der Waals surface area (Å²) >= 11 is 0. The van der Waals surface area contributed by atoms with Gasteiger partial charge in [0.25, 0.3) is 5.89 Å². The zero-order valence-corrected chi connectivity index (χ0v) is 13.5. The third kappa shape index (κ3) is 3.22. The van der Waals surface area contributed by atoms with E-state index in [0.717, 1.165) is 49.4 Å². The van der Waals surface area contributed by atoms with Crippen LogP contribution in [0.25, 0.3) is 22.8 Å². The molecule has 0 aliphatic carbocycles. The zero-order valence-electron chi connectivity index (χ0n) is 13.5. The second-order valence-electron chi connectivity index (χ2n) is 6.00. The minimum Gasteiger partial charge on any atom is -0.357 e. The SMILES string of the molecule is Fc1ccc(-c2nc(-c3ccnc(N4CCCCC4)c3)no2)cc1F. The number of piperidine rings is 1. The Hall–Kier alpha value is -2.83. The summed E-state index contributed by atoms with van der Waals surface area (Å²) in [7, 11) is 0. The molecule has 1 aliphatic rings. The molecule has 3 aromatic rings. The molecule has 0 radical (unpaired) electrons. The molecule has 7 heteroatoms. The van der Waals surface area contributed by atoms with Crippen LogP contribution in [0.15, 0.2) is 41.1 Å². The molecule has 0 saturated carbocycles. The molecular weight excluding hydrogens is 326 g/mol. The number of hydrogen-bond donors (Lipinski definition) is 0. The van der Waals surface area contributed by atoms with Crippen molar-refractivity contribution in [3.63, 3.8) is 0 Å². The largest absolute Gasteiger partial charge is 0.357 e. The van der Waals surface area contributed by atoms with Gasteiger partial charge >= 0.3 is 0 Å². The highest BCUT2D eigenvalue weighted by molar-refractivity contribution is 5.62. The van der Waals surface area contributed by atoms with Gasteiger partial charge in [-0.2, -0.15) is 4.98 Å². The number of anilines is 1. The highest BCUT2D eigenvalue weighted by Crippen LogP contribution is 2.26. The average Bonchev–Trinajstić information content (AvgIpc) is 3.15. The van der Waals surface area contributed by atoms with E-state index in [1.54, 1.807) is 12.3 Å². The van der Waals surface area contributed by atoms with Crippen LogP contribution in [0.1, 0.15) is 19.3 Å². The van der Waals surface area contributed by atoms with Gasteiger partial charge in [-0.3, -0.25) is 0 Å². The first kappa shape index (κ1) is 15.7. The summed E-state index contributed by atoms with van der Waals surface area (Å²) in [6.07, 6.45) is 5.29. The van der Waals surface area contributed by atoms with Crippen LogP contribution in [0, 0.1) is 11.6 Å². The maximum Gasteiger partial charge on any atom is 0.258 e. The molecule has 0 spiro atoms. The summed E-state index contributed by atoms with van der Waals surface area (Å²) < 4.78 is 31.6. The standard InChI is InChI=1S/C18H16F2N4O/c19-14-5-4-13(10-15(14)20)18-22-17(23-25-18)12-6-7-21-16(11-12)24-8-2-1-3-9-24/h4-7,10-11H,1-3,8-9H2. The highest BCUT2D eigenvalue weighted by atomic mass is 19.2. The molecular formula is C18H16F2N4O. The van der Waals surface area contributed by atoms with Crippen LogP contribution in [0.2, 0.25) is 0 Å². The third-order valence-electron chi connectivity index (χ3n) is 4.28. The van der Waals surface area contributed by atoms with Gasteiger partial charge in [0.15, 0.2) is 11.6 Å². The smallest absolute Gasteiger partial charge is 0.258 e. The van der Waals surface area contributed by atoms with E-state index in [2.05, 4.69) is 20.0 Å². The van der Waals surface area contributed by atoms with Gasteiger partial charge in [0, 0.05) is 30.4 Å². The highest BCUT2D eigenvalue weighted by Gasteiger charge is 2.16. The predicted molar refractivity (Wildman–Crippen MR) is 88.9 cm³/mol. The lowest BCUT2D eigenvalue weighted by atomic mass is 10.1. The Morgan fingerprint density at radius 1 is 0.920 bits per heavy atom. The number of nitrogens with zero attached hydrogens (tertiary/aromatic N) is 4. The fourth-order valence-electron chi connectivity index (χ4n) is 2.94. The molecule has 2 aromatic heterocycles. The van der Waals surface area contributed by atoms with Crippen molar-refractivity contribution < 1.29 is 13.3 Å². The Bertz CT molecular complexity index is 890. The molecule has 1 saturated heterocycles. The monoisotopic (exact) mass is 342 g/mol. The van der Waals surface area contributed by atoms with Crippen LogP contribution < -0.4 is 4.90 Å². The van der Waals surface area contributed by atoms with Crippen LogP contribution in [0.4, 0.5) is 14.6 Å². The minimum absolute atomic E-state index is 0.144. The number of pyridine rings is 1. The van der Waals surface area contributed by atoms with E-state index in [4.69, 9.17) is 4.52 Å². The van der Waals surface area contributed by atoms with Gasteiger partial charge in [-0.05, 0) is 49.6 Å². The third-order valence-corrected chi connectivity index (χ3v) is 4.28. The van der Waals surface area contributed by atoms with Crippen LogP contribution in [0.3, 0.4) is 0 Å². The van der Waals surface area contributed by atoms with E-state index >= 15 is 0 Å². The van der Waals surface area contributed by atoms with E-state index in [-0.39, 0.29) is 5.89 Å². The van der Waals surface area contributed by atoms with Crippen LogP contribution >= 0.6 is 0 Å². The molecule has 4 rings (SSSR count). The average molecular weight is 342 g/mol. The lowest BCUT2D eigenvalue weighted by Crippen LogP contribution is -2.30. The van der Waals surface area contributed by atoms with E-state index in [1.165, 1.54) is 12.5 Å². The molecule has 1 aromatic carbocycles. The van der Waals surface area contributed by atoms with E-state index in [1.807, 2.05) is 6.07 Å². The Labute approximate surface area is 143 Å². The van der Waals surface area contributed by atoms with Crippen LogP contribution in [0.5, 0.6) is 0 Å². The number of aromatic nitrogens is 3.